The molecule has 1 aromatic heterocycles. The van der Waals surface area contributed by atoms with E-state index >= 15 is 0 Å². The van der Waals surface area contributed by atoms with Crippen LogP contribution in [0.1, 0.15) is 13.0 Å². The number of hydrogen-bond donors (Lipinski definition) is 1. The maximum atomic E-state index is 12.2. The van der Waals surface area contributed by atoms with Gasteiger partial charge in [0.25, 0.3) is 5.56 Å². The molecule has 0 bridgehead atoms. The van der Waals surface area contributed by atoms with Gasteiger partial charge in [0.15, 0.2) is 0 Å². The zero-order valence-electron chi connectivity index (χ0n) is 10.6. The third-order valence-electron chi connectivity index (χ3n) is 2.81. The van der Waals surface area contributed by atoms with Crippen LogP contribution in [0.25, 0.3) is 0 Å². The number of hydrogen-bond acceptors (Lipinski definition) is 2. The first-order valence-electron chi connectivity index (χ1n) is 5.91. The Morgan fingerprint density at radius 1 is 1.10 bits per heavy atom. The van der Waals surface area contributed by atoms with Crippen molar-refractivity contribution in [1.29, 1.82) is 0 Å². The maximum absolute atomic E-state index is 12.2. The number of nitrogens with one attached hydrogen (secondary N) is 1. The second kappa shape index (κ2) is 6.37. The van der Waals surface area contributed by atoms with Gasteiger partial charge in [-0.2, -0.15) is 0 Å². The topological polar surface area (TPSA) is 51.1 Å². The molecule has 0 aliphatic heterocycles. The summed E-state index contributed by atoms with van der Waals surface area (Å²) in [5.41, 5.74) is 0.472. The Kier molecular flexibility index (Phi) is 4.77. The zero-order chi connectivity index (χ0) is 14.7. The number of halogens is 2. The van der Waals surface area contributed by atoms with E-state index in [4.69, 9.17) is 0 Å². The van der Waals surface area contributed by atoms with E-state index in [1.807, 2.05) is 12.1 Å². The molecule has 1 unspecified atom stereocenters. The Bertz CT molecular complexity index is 680. The third-order valence-corrected chi connectivity index (χ3v) is 3.81. The van der Waals surface area contributed by atoms with Crippen molar-refractivity contribution in [3.8, 4) is 0 Å². The number of aromatic nitrogens is 1. The summed E-state index contributed by atoms with van der Waals surface area (Å²) in [6.45, 7) is 1.68. The van der Waals surface area contributed by atoms with Crippen molar-refractivity contribution in [2.75, 3.05) is 5.32 Å². The van der Waals surface area contributed by atoms with Gasteiger partial charge < -0.3 is 9.88 Å². The fourth-order valence-corrected chi connectivity index (χ4v) is 2.30. The van der Waals surface area contributed by atoms with Crippen molar-refractivity contribution in [3.05, 3.63) is 61.9 Å². The van der Waals surface area contributed by atoms with Gasteiger partial charge in [-0.3, -0.25) is 9.59 Å². The normalized spacial score (nSPS) is 11.9. The minimum absolute atomic E-state index is 0.216. The van der Waals surface area contributed by atoms with E-state index in [1.165, 1.54) is 10.6 Å². The Morgan fingerprint density at radius 2 is 1.70 bits per heavy atom. The second-order valence-corrected chi connectivity index (χ2v) is 6.10. The maximum Gasteiger partial charge on any atom is 0.251 e. The number of anilines is 1. The van der Waals surface area contributed by atoms with Crippen molar-refractivity contribution in [1.82, 2.24) is 4.57 Å². The molecular weight excluding hydrogens is 388 g/mol. The highest BCUT2D eigenvalue weighted by Crippen LogP contribution is 2.16. The molecule has 6 heteroatoms. The summed E-state index contributed by atoms with van der Waals surface area (Å²) in [7, 11) is 0. The van der Waals surface area contributed by atoms with Gasteiger partial charge in [-0.25, -0.2) is 0 Å². The monoisotopic (exact) mass is 398 g/mol. The lowest BCUT2D eigenvalue weighted by Gasteiger charge is -2.15. The first-order chi connectivity index (χ1) is 9.47. The Labute approximate surface area is 133 Å². The summed E-state index contributed by atoms with van der Waals surface area (Å²) in [6, 6.07) is 9.74. The van der Waals surface area contributed by atoms with Crippen LogP contribution in [0.15, 0.2) is 56.3 Å². The minimum Gasteiger partial charge on any atom is -0.324 e. The molecule has 20 heavy (non-hydrogen) atoms. The van der Waals surface area contributed by atoms with Crippen molar-refractivity contribution < 1.29 is 4.79 Å². The zero-order valence-corrected chi connectivity index (χ0v) is 13.8. The molecular formula is C14H12Br2N2O2. The standard InChI is InChI=1S/C14H12Br2N2O2/c1-9(18-8-11(16)4-7-13(18)19)14(20)17-12-5-2-10(15)3-6-12/h2-9H,1H3,(H,17,20). The van der Waals surface area contributed by atoms with Gasteiger partial charge in [-0.15, -0.1) is 0 Å². The molecule has 104 valence electrons. The summed E-state index contributed by atoms with van der Waals surface area (Å²) in [5, 5.41) is 2.78. The summed E-state index contributed by atoms with van der Waals surface area (Å²) in [6.07, 6.45) is 1.61. The molecule has 0 saturated heterocycles. The van der Waals surface area contributed by atoms with Crippen molar-refractivity contribution in [3.63, 3.8) is 0 Å². The van der Waals surface area contributed by atoms with E-state index < -0.39 is 6.04 Å². The highest BCUT2D eigenvalue weighted by atomic mass is 79.9. The molecule has 0 saturated carbocycles. The average Bonchev–Trinajstić information content (AvgIpc) is 2.43. The van der Waals surface area contributed by atoms with E-state index in [0.717, 1.165) is 8.95 Å². The Hall–Kier alpha value is -1.40. The van der Waals surface area contributed by atoms with Crippen LogP contribution in [0.5, 0.6) is 0 Å². The lowest BCUT2D eigenvalue weighted by molar-refractivity contribution is -0.118. The molecule has 0 aliphatic carbocycles. The van der Waals surface area contributed by atoms with Crippen LogP contribution in [0.3, 0.4) is 0 Å². The smallest absolute Gasteiger partial charge is 0.251 e. The molecule has 2 rings (SSSR count). The number of rotatable bonds is 3. The highest BCUT2D eigenvalue weighted by Gasteiger charge is 2.16. The number of carbonyl (C=O) groups is 1. The van der Waals surface area contributed by atoms with E-state index in [-0.39, 0.29) is 11.5 Å². The number of amides is 1. The molecule has 4 nitrogen and oxygen atoms in total. The largest absolute Gasteiger partial charge is 0.324 e. The summed E-state index contributed by atoms with van der Waals surface area (Å²) < 4.78 is 3.07. The summed E-state index contributed by atoms with van der Waals surface area (Å²) in [5.74, 6) is -0.243. The van der Waals surface area contributed by atoms with Crippen molar-refractivity contribution >= 4 is 43.5 Å². The van der Waals surface area contributed by atoms with Gasteiger partial charge in [0, 0.05) is 26.9 Å². The van der Waals surface area contributed by atoms with Gasteiger partial charge in [0.05, 0.1) is 0 Å². The predicted octanol–water partition coefficient (Wildman–Crippen LogP) is 3.57. The van der Waals surface area contributed by atoms with Crippen LogP contribution in [-0.2, 0) is 4.79 Å². The van der Waals surface area contributed by atoms with Crippen LogP contribution < -0.4 is 10.9 Å². The molecule has 2 aromatic rings. The summed E-state index contributed by atoms with van der Waals surface area (Å²) >= 11 is 6.62. The molecule has 1 atom stereocenters. The van der Waals surface area contributed by atoms with Gasteiger partial charge in [0.1, 0.15) is 6.04 Å². The molecule has 0 spiro atoms. The fraction of sp³-hybridized carbons (Fsp3) is 0.143. The number of benzene rings is 1. The molecule has 0 radical (unpaired) electrons. The van der Waals surface area contributed by atoms with Gasteiger partial charge in [-0.05, 0) is 53.2 Å². The van der Waals surface area contributed by atoms with E-state index in [9.17, 15) is 9.59 Å². The number of nitrogens with zero attached hydrogens (tertiary/aromatic N) is 1. The molecule has 1 aromatic carbocycles. The van der Waals surface area contributed by atoms with E-state index in [1.54, 1.807) is 31.3 Å². The number of carbonyl (C=O) groups excluding carboxylic acids is 1. The van der Waals surface area contributed by atoms with E-state index in [2.05, 4.69) is 37.2 Å². The quantitative estimate of drug-likeness (QED) is 0.857. The predicted molar refractivity (Wildman–Crippen MR) is 85.9 cm³/mol. The molecule has 1 heterocycles. The van der Waals surface area contributed by atoms with Gasteiger partial charge in [-0.1, -0.05) is 15.9 Å². The highest BCUT2D eigenvalue weighted by molar-refractivity contribution is 9.10. The van der Waals surface area contributed by atoms with Crippen LogP contribution in [0.2, 0.25) is 0 Å². The molecule has 0 fully saturated rings. The lowest BCUT2D eigenvalue weighted by Crippen LogP contribution is -2.30. The van der Waals surface area contributed by atoms with Crippen LogP contribution >= 0.6 is 31.9 Å². The molecule has 0 aliphatic rings. The first kappa shape index (κ1) is 15.0. The van der Waals surface area contributed by atoms with Crippen LogP contribution in [0.4, 0.5) is 5.69 Å². The third kappa shape index (κ3) is 3.58. The van der Waals surface area contributed by atoms with Gasteiger partial charge >= 0.3 is 0 Å². The van der Waals surface area contributed by atoms with E-state index in [0.29, 0.717) is 5.69 Å². The first-order valence-corrected chi connectivity index (χ1v) is 7.50. The van der Waals surface area contributed by atoms with Crippen molar-refractivity contribution in [2.24, 2.45) is 0 Å². The van der Waals surface area contributed by atoms with Crippen molar-refractivity contribution in [2.45, 2.75) is 13.0 Å². The Balaban J connectivity index is 2.18. The second-order valence-electron chi connectivity index (χ2n) is 4.26. The molecule has 1 N–H and O–H groups in total. The lowest BCUT2D eigenvalue weighted by atomic mass is 10.2. The van der Waals surface area contributed by atoms with Crippen LogP contribution in [0, 0.1) is 0 Å². The Morgan fingerprint density at radius 3 is 2.35 bits per heavy atom. The molecule has 1 amide bonds. The number of pyridine rings is 1. The SMILES string of the molecule is CC(C(=O)Nc1ccc(Br)cc1)n1cc(Br)ccc1=O. The van der Waals surface area contributed by atoms with Crippen LogP contribution in [-0.4, -0.2) is 10.5 Å². The summed E-state index contributed by atoms with van der Waals surface area (Å²) in [4.78, 5) is 23.9. The average molecular weight is 400 g/mol. The van der Waals surface area contributed by atoms with Gasteiger partial charge in [0.2, 0.25) is 5.91 Å². The fourth-order valence-electron chi connectivity index (χ4n) is 1.69. The minimum atomic E-state index is -0.594.